The molecule has 8 heteroatoms. The van der Waals surface area contributed by atoms with Gasteiger partial charge in [-0.05, 0) is 45.4 Å². The molecule has 0 fully saturated rings. The molecular weight excluding hydrogens is 357 g/mol. The summed E-state index contributed by atoms with van der Waals surface area (Å²) < 4.78 is 44.4. The zero-order valence-electron chi connectivity index (χ0n) is 14.4. The highest BCUT2D eigenvalue weighted by molar-refractivity contribution is 6.32. The van der Waals surface area contributed by atoms with Crippen LogP contribution in [-0.4, -0.2) is 30.3 Å². The topological polar surface area (TPSA) is 53.3 Å². The monoisotopic (exact) mass is 376 g/mol. The second kappa shape index (κ2) is 7.96. The highest BCUT2D eigenvalue weighted by Crippen LogP contribution is 2.29. The van der Waals surface area contributed by atoms with E-state index in [1.54, 1.807) is 27.7 Å². The van der Waals surface area contributed by atoms with E-state index in [1.165, 1.54) is 18.2 Å². The van der Waals surface area contributed by atoms with Gasteiger partial charge in [0.1, 0.15) is 24.3 Å². The van der Waals surface area contributed by atoms with Gasteiger partial charge in [0.25, 0.3) is 0 Å². The molecule has 0 radical (unpaired) electrons. The van der Waals surface area contributed by atoms with Crippen LogP contribution in [-0.2, 0) is 9.53 Å². The average Bonchev–Trinajstić information content (AvgIpc) is 2.43. The Morgan fingerprint density at radius 2 is 1.96 bits per heavy atom. The second-order valence-electron chi connectivity index (χ2n) is 6.48. The van der Waals surface area contributed by atoms with Crippen LogP contribution in [0.1, 0.15) is 39.7 Å². The summed E-state index contributed by atoms with van der Waals surface area (Å²) in [5.41, 5.74) is -0.585. The van der Waals surface area contributed by atoms with E-state index in [9.17, 15) is 18.0 Å². The fourth-order valence-corrected chi connectivity index (χ4v) is 2.45. The summed E-state index contributed by atoms with van der Waals surface area (Å²) in [6, 6.07) is 4.62. The molecular formula is C17H20ClF3N2O2. The van der Waals surface area contributed by atoms with Gasteiger partial charge in [-0.1, -0.05) is 18.5 Å². The summed E-state index contributed by atoms with van der Waals surface area (Å²) >= 11 is 5.93. The molecule has 0 heterocycles. The lowest BCUT2D eigenvalue weighted by Gasteiger charge is -2.34. The van der Waals surface area contributed by atoms with E-state index < -0.39 is 30.3 Å². The number of rotatable bonds is 5. The molecule has 1 rings (SSSR count). The maximum Gasteiger partial charge on any atom is 0.405 e. The molecule has 25 heavy (non-hydrogen) atoms. The number of hydrogen-bond acceptors (Lipinski definition) is 4. The third kappa shape index (κ3) is 6.46. The maximum atomic E-state index is 13.1. The predicted octanol–water partition coefficient (Wildman–Crippen LogP) is 4.70. The zero-order chi connectivity index (χ0) is 19.4. The summed E-state index contributed by atoms with van der Waals surface area (Å²) in [7, 11) is 0. The molecule has 4 nitrogen and oxygen atoms in total. The number of nitrogens with zero attached hydrogens (tertiary/aromatic N) is 2. The molecule has 0 aliphatic rings. The number of carbonyl (C=O) groups is 1. The summed E-state index contributed by atoms with van der Waals surface area (Å²) in [4.78, 5) is 13.3. The summed E-state index contributed by atoms with van der Waals surface area (Å²) in [5.74, 6) is -0.750. The summed E-state index contributed by atoms with van der Waals surface area (Å²) in [5, 5.41) is 8.92. The Bertz CT molecular complexity index is 663. The molecule has 1 atom stereocenters. The minimum atomic E-state index is -4.53. The van der Waals surface area contributed by atoms with Crippen molar-refractivity contribution >= 4 is 23.3 Å². The first-order valence-electron chi connectivity index (χ1n) is 7.64. The van der Waals surface area contributed by atoms with Crippen molar-refractivity contribution in [1.82, 2.24) is 0 Å². The van der Waals surface area contributed by atoms with Gasteiger partial charge in [0, 0.05) is 5.69 Å². The van der Waals surface area contributed by atoms with Gasteiger partial charge in [0.2, 0.25) is 0 Å². The molecule has 0 N–H and O–H groups in total. The van der Waals surface area contributed by atoms with Crippen molar-refractivity contribution in [2.75, 3.05) is 11.4 Å². The largest absolute Gasteiger partial charge is 0.458 e. The predicted molar refractivity (Wildman–Crippen MR) is 89.5 cm³/mol. The molecule has 0 aromatic heterocycles. The number of carbonyl (C=O) groups excluding carboxylic acids is 1. The lowest BCUT2D eigenvalue weighted by molar-refractivity contribution is -0.157. The fraction of sp³-hybridized carbons (Fsp3) is 0.529. The number of hydrogen-bond donors (Lipinski definition) is 0. The Labute approximate surface area is 150 Å². The molecule has 0 amide bonds. The van der Waals surface area contributed by atoms with Crippen molar-refractivity contribution in [3.63, 3.8) is 0 Å². The third-order valence-corrected chi connectivity index (χ3v) is 3.51. The van der Waals surface area contributed by atoms with Crippen molar-refractivity contribution in [2.45, 2.75) is 51.9 Å². The number of anilines is 1. The van der Waals surface area contributed by atoms with Crippen LogP contribution in [0, 0.1) is 11.3 Å². The van der Waals surface area contributed by atoms with Gasteiger partial charge >= 0.3 is 12.1 Å². The van der Waals surface area contributed by atoms with Gasteiger partial charge in [-0.2, -0.15) is 18.4 Å². The number of ether oxygens (including phenoxy) is 1. The van der Waals surface area contributed by atoms with Gasteiger partial charge in [-0.25, -0.2) is 4.79 Å². The van der Waals surface area contributed by atoms with Crippen molar-refractivity contribution in [3.8, 4) is 6.07 Å². The van der Waals surface area contributed by atoms with E-state index in [1.807, 2.05) is 6.07 Å². The van der Waals surface area contributed by atoms with Crippen LogP contribution < -0.4 is 4.90 Å². The van der Waals surface area contributed by atoms with Crippen LogP contribution in [0.25, 0.3) is 0 Å². The van der Waals surface area contributed by atoms with Crippen LogP contribution in [0.2, 0.25) is 5.02 Å². The van der Waals surface area contributed by atoms with Crippen LogP contribution >= 0.6 is 11.6 Å². The van der Waals surface area contributed by atoms with Crippen LogP contribution in [0.3, 0.4) is 0 Å². The van der Waals surface area contributed by atoms with Crippen LogP contribution in [0.5, 0.6) is 0 Å². The number of nitriles is 1. The zero-order valence-corrected chi connectivity index (χ0v) is 15.2. The SMILES string of the molecule is CCC(C(=O)OC(C)(C)C)N(CC(F)(F)F)c1ccc(C#N)c(Cl)c1. The Kier molecular flexibility index (Phi) is 6.72. The van der Waals surface area contributed by atoms with E-state index in [-0.39, 0.29) is 22.7 Å². The van der Waals surface area contributed by atoms with Gasteiger partial charge in [0.05, 0.1) is 10.6 Å². The number of esters is 1. The molecule has 0 aliphatic heterocycles. The second-order valence-corrected chi connectivity index (χ2v) is 6.88. The van der Waals surface area contributed by atoms with Gasteiger partial charge in [-0.15, -0.1) is 0 Å². The maximum absolute atomic E-state index is 13.1. The molecule has 1 unspecified atom stereocenters. The molecule has 1 aromatic rings. The van der Waals surface area contributed by atoms with E-state index in [4.69, 9.17) is 21.6 Å². The van der Waals surface area contributed by atoms with Crippen LogP contribution in [0.15, 0.2) is 18.2 Å². The molecule has 0 aliphatic carbocycles. The smallest absolute Gasteiger partial charge is 0.405 e. The minimum Gasteiger partial charge on any atom is -0.458 e. The minimum absolute atomic E-state index is 0.0196. The normalized spacial score (nSPS) is 13.1. The Morgan fingerprint density at radius 1 is 1.36 bits per heavy atom. The van der Waals surface area contributed by atoms with Gasteiger partial charge in [0.15, 0.2) is 0 Å². The molecule has 0 spiro atoms. The highest BCUT2D eigenvalue weighted by atomic mass is 35.5. The number of alkyl halides is 3. The quantitative estimate of drug-likeness (QED) is 0.699. The molecule has 138 valence electrons. The summed E-state index contributed by atoms with van der Waals surface area (Å²) in [6.45, 7) is 5.19. The van der Waals surface area contributed by atoms with Crippen molar-refractivity contribution < 1.29 is 22.7 Å². The Balaban J connectivity index is 3.29. The first-order chi connectivity index (χ1) is 11.4. The van der Waals surface area contributed by atoms with Crippen molar-refractivity contribution in [2.24, 2.45) is 0 Å². The van der Waals surface area contributed by atoms with E-state index in [0.717, 1.165) is 4.90 Å². The van der Waals surface area contributed by atoms with E-state index in [0.29, 0.717) is 0 Å². The average molecular weight is 377 g/mol. The van der Waals surface area contributed by atoms with Crippen molar-refractivity contribution in [1.29, 1.82) is 5.26 Å². The third-order valence-electron chi connectivity index (χ3n) is 3.20. The molecule has 0 saturated carbocycles. The van der Waals surface area contributed by atoms with Crippen LogP contribution in [0.4, 0.5) is 18.9 Å². The molecule has 0 bridgehead atoms. The Morgan fingerprint density at radius 3 is 2.36 bits per heavy atom. The van der Waals surface area contributed by atoms with E-state index >= 15 is 0 Å². The number of halogens is 4. The first-order valence-corrected chi connectivity index (χ1v) is 8.01. The standard InChI is InChI=1S/C17H20ClF3N2O2/c1-5-14(15(24)25-16(2,3)4)23(10-17(19,20)21)12-7-6-11(9-22)13(18)8-12/h6-8,14H,5,10H2,1-4H3. The van der Waals surface area contributed by atoms with E-state index in [2.05, 4.69) is 0 Å². The summed E-state index contributed by atoms with van der Waals surface area (Å²) in [6.07, 6.45) is -4.42. The lowest BCUT2D eigenvalue weighted by Crippen LogP contribution is -2.48. The first kappa shape index (κ1) is 21.1. The Hall–Kier alpha value is -1.94. The highest BCUT2D eigenvalue weighted by Gasteiger charge is 2.37. The van der Waals surface area contributed by atoms with Crippen molar-refractivity contribution in [3.05, 3.63) is 28.8 Å². The molecule has 0 saturated heterocycles. The van der Waals surface area contributed by atoms with Gasteiger partial charge < -0.3 is 9.64 Å². The fourth-order valence-electron chi connectivity index (χ4n) is 2.23. The van der Waals surface area contributed by atoms with Gasteiger partial charge in [-0.3, -0.25) is 0 Å². The lowest BCUT2D eigenvalue weighted by atomic mass is 10.1. The number of benzene rings is 1. The molecule has 1 aromatic carbocycles.